The molecule has 0 N–H and O–H groups in total. The summed E-state index contributed by atoms with van der Waals surface area (Å²) in [5.74, 6) is 3.02. The maximum absolute atomic E-state index is 9.76. The Balaban J connectivity index is 1.20. The summed E-state index contributed by atoms with van der Waals surface area (Å²) in [6.45, 7) is 0. The first kappa shape index (κ1) is 40.2. The van der Waals surface area contributed by atoms with Crippen LogP contribution >= 0.6 is 10.0 Å². The van der Waals surface area contributed by atoms with Crippen molar-refractivity contribution in [3.8, 4) is 80.5 Å². The zero-order valence-electron chi connectivity index (χ0n) is 34.8. The molecule has 8 aromatic carbocycles. The number of nitriles is 2. The Kier molecular flexibility index (Phi) is 11.0. The predicted octanol–water partition coefficient (Wildman–Crippen LogP) is 13.1. The number of hydrogen-bond donors (Lipinski definition) is 0. The van der Waals surface area contributed by atoms with Crippen LogP contribution < -0.4 is 0 Å². The van der Waals surface area contributed by atoms with E-state index in [1.165, 1.54) is 0 Å². The van der Waals surface area contributed by atoms with E-state index in [4.69, 9.17) is 29.9 Å². The largest absolute Gasteiger partial charge is 0.208 e. The molecule has 10 aromatic rings. The fraction of sp³-hybridized carbons (Fsp3) is 0. The molecule has 0 saturated carbocycles. The molecule has 9 heteroatoms. The summed E-state index contributed by atoms with van der Waals surface area (Å²) in [6, 6.07) is 77.2. The first-order valence-electron chi connectivity index (χ1n) is 20.9. The van der Waals surface area contributed by atoms with Crippen molar-refractivity contribution >= 4 is 10.0 Å². The van der Waals surface area contributed by atoms with E-state index in [2.05, 4.69) is 97.1 Å². The molecule has 10 rings (SSSR count). The van der Waals surface area contributed by atoms with Crippen LogP contribution in [0.15, 0.2) is 238 Å². The van der Waals surface area contributed by atoms with Crippen LogP contribution in [0.2, 0.25) is 0 Å². The third-order valence-electron chi connectivity index (χ3n) is 10.9. The molecular formula is C56H36N8S. The molecule has 0 aliphatic carbocycles. The average molecular weight is 853 g/mol. The summed E-state index contributed by atoms with van der Waals surface area (Å²) in [4.78, 5) is 34.6. The van der Waals surface area contributed by atoms with Crippen molar-refractivity contribution < 1.29 is 0 Å². The van der Waals surface area contributed by atoms with Gasteiger partial charge in [0.05, 0.1) is 23.3 Å². The number of hydrogen-bond acceptors (Lipinski definition) is 8. The maximum Gasteiger partial charge on any atom is 0.164 e. The highest BCUT2D eigenvalue weighted by Gasteiger charge is 2.34. The Hall–Kier alpha value is -8.89. The van der Waals surface area contributed by atoms with Crippen molar-refractivity contribution in [1.29, 1.82) is 10.5 Å². The monoisotopic (exact) mass is 852 g/mol. The Bertz CT molecular complexity index is 3180. The minimum atomic E-state index is -2.25. The van der Waals surface area contributed by atoms with Crippen LogP contribution in [0.1, 0.15) is 11.1 Å². The van der Waals surface area contributed by atoms with Gasteiger partial charge in [-0.15, -0.1) is 10.0 Å². The molecule has 0 bridgehead atoms. The second-order valence-electron chi connectivity index (χ2n) is 15.0. The molecule has 0 aliphatic heterocycles. The Morgan fingerprint density at radius 3 is 0.862 bits per heavy atom. The molecule has 0 unspecified atom stereocenters. The van der Waals surface area contributed by atoms with E-state index < -0.39 is 10.0 Å². The van der Waals surface area contributed by atoms with Crippen LogP contribution in [-0.2, 0) is 0 Å². The number of benzene rings is 8. The van der Waals surface area contributed by atoms with Crippen molar-refractivity contribution in [1.82, 2.24) is 29.9 Å². The molecule has 8 nitrogen and oxygen atoms in total. The fourth-order valence-corrected chi connectivity index (χ4v) is 11.8. The van der Waals surface area contributed by atoms with Gasteiger partial charge < -0.3 is 0 Å². The van der Waals surface area contributed by atoms with Gasteiger partial charge in [-0.05, 0) is 72.8 Å². The van der Waals surface area contributed by atoms with Crippen molar-refractivity contribution in [2.24, 2.45) is 0 Å². The van der Waals surface area contributed by atoms with E-state index in [0.29, 0.717) is 46.1 Å². The van der Waals surface area contributed by atoms with Crippen LogP contribution in [0.3, 0.4) is 0 Å². The van der Waals surface area contributed by atoms with Gasteiger partial charge in [0.1, 0.15) is 0 Å². The summed E-state index contributed by atoms with van der Waals surface area (Å²) >= 11 is 0. The lowest BCUT2D eigenvalue weighted by Gasteiger charge is -2.42. The van der Waals surface area contributed by atoms with E-state index in [1.54, 1.807) is 24.3 Å². The average Bonchev–Trinajstić information content (AvgIpc) is 3.40. The van der Waals surface area contributed by atoms with E-state index in [0.717, 1.165) is 53.0 Å². The predicted molar refractivity (Wildman–Crippen MR) is 255 cm³/mol. The Morgan fingerprint density at radius 2 is 0.523 bits per heavy atom. The molecule has 0 atom stereocenters. The van der Waals surface area contributed by atoms with E-state index >= 15 is 0 Å². The third kappa shape index (κ3) is 8.03. The molecule has 0 fully saturated rings. The van der Waals surface area contributed by atoms with Gasteiger partial charge in [0.2, 0.25) is 0 Å². The molecule has 65 heavy (non-hydrogen) atoms. The van der Waals surface area contributed by atoms with Gasteiger partial charge in [-0.3, -0.25) is 0 Å². The van der Waals surface area contributed by atoms with Crippen LogP contribution in [-0.4, -0.2) is 29.9 Å². The lowest BCUT2D eigenvalue weighted by molar-refractivity contribution is 1.07. The van der Waals surface area contributed by atoms with Crippen molar-refractivity contribution in [2.45, 2.75) is 19.6 Å². The normalized spacial score (nSPS) is 11.3. The summed E-state index contributed by atoms with van der Waals surface area (Å²) in [5, 5.41) is 19.5. The molecule has 0 amide bonds. The number of nitrogens with zero attached hydrogens (tertiary/aromatic N) is 8. The van der Waals surface area contributed by atoms with Gasteiger partial charge in [-0.25, -0.2) is 29.9 Å². The second kappa shape index (κ2) is 17.8. The van der Waals surface area contributed by atoms with Gasteiger partial charge in [-0.1, -0.05) is 146 Å². The number of aromatic nitrogens is 6. The number of rotatable bonds is 10. The minimum absolute atomic E-state index is 0.472. The molecule has 0 spiro atoms. The fourth-order valence-electron chi connectivity index (χ4n) is 7.87. The zero-order valence-corrected chi connectivity index (χ0v) is 35.6. The second-order valence-corrected chi connectivity index (χ2v) is 18.1. The maximum atomic E-state index is 9.76. The summed E-state index contributed by atoms with van der Waals surface area (Å²) < 4.78 is 0. The third-order valence-corrected chi connectivity index (χ3v) is 14.8. The lowest BCUT2D eigenvalue weighted by Crippen LogP contribution is -2.07. The highest BCUT2D eigenvalue weighted by molar-refractivity contribution is 8.34. The van der Waals surface area contributed by atoms with Crippen LogP contribution in [0.4, 0.5) is 0 Å². The van der Waals surface area contributed by atoms with E-state index in [1.807, 2.05) is 109 Å². The van der Waals surface area contributed by atoms with Crippen molar-refractivity contribution in [2.75, 3.05) is 0 Å². The quantitative estimate of drug-likeness (QED) is 0.133. The highest BCUT2D eigenvalue weighted by atomic mass is 32.3. The first-order chi connectivity index (χ1) is 32.1. The van der Waals surface area contributed by atoms with E-state index in [9.17, 15) is 10.5 Å². The van der Waals surface area contributed by atoms with Crippen molar-refractivity contribution in [3.05, 3.63) is 230 Å². The SMILES string of the molecule is N#Cc1cccc(-c2nc(-c3ccccc3)nc(-c3cccc(S(c4ccccc4)(c4ccccc4)c4cccc(-c5nc(-c6ccccc6)nc(-c6cccc(C#N)c6)n5)c4)c3)n2)c1. The molecule has 2 aromatic heterocycles. The summed E-state index contributed by atoms with van der Waals surface area (Å²) in [5.41, 5.74) is 5.82. The molecule has 0 radical (unpaired) electrons. The van der Waals surface area contributed by atoms with Crippen LogP contribution in [0.5, 0.6) is 0 Å². The molecule has 0 saturated heterocycles. The topological polar surface area (TPSA) is 125 Å². The van der Waals surface area contributed by atoms with Gasteiger partial charge >= 0.3 is 0 Å². The first-order valence-corrected chi connectivity index (χ1v) is 22.5. The summed E-state index contributed by atoms with van der Waals surface area (Å²) in [6.07, 6.45) is 0. The van der Waals surface area contributed by atoms with Gasteiger partial charge in [-0.2, -0.15) is 10.5 Å². The Labute approximate surface area is 378 Å². The van der Waals surface area contributed by atoms with Crippen LogP contribution in [0.25, 0.3) is 68.3 Å². The zero-order chi connectivity index (χ0) is 44.0. The smallest absolute Gasteiger partial charge is 0.164 e. The standard InChI is InChI=1S/C56H36N8S/c57-37-39-17-13-23-43(33-39)53-59-51(41-19-5-1-6-20-41)61-55(63-53)45-25-15-31-49(35-45)65(47-27-9-3-10-28-47,48-29-11-4-12-30-48)50-32-16-26-46(36-50)56-62-52(42-21-7-2-8-22-42)60-54(64-56)44-24-14-18-40(34-44)38-58/h1-36H. The van der Waals surface area contributed by atoms with Gasteiger partial charge in [0.15, 0.2) is 34.9 Å². The van der Waals surface area contributed by atoms with E-state index in [-0.39, 0.29) is 0 Å². The lowest BCUT2D eigenvalue weighted by atomic mass is 10.1. The highest BCUT2D eigenvalue weighted by Crippen LogP contribution is 2.73. The molecule has 0 aliphatic rings. The molecule has 2 heterocycles. The molecule has 306 valence electrons. The summed E-state index contributed by atoms with van der Waals surface area (Å²) in [7, 11) is -2.25. The van der Waals surface area contributed by atoms with Crippen molar-refractivity contribution in [3.63, 3.8) is 0 Å². The van der Waals surface area contributed by atoms with Gasteiger partial charge in [0, 0.05) is 53.0 Å². The molecular weight excluding hydrogens is 817 g/mol. The minimum Gasteiger partial charge on any atom is -0.208 e. The van der Waals surface area contributed by atoms with Gasteiger partial charge in [0.25, 0.3) is 0 Å². The van der Waals surface area contributed by atoms with Crippen LogP contribution in [0, 0.1) is 22.7 Å². The Morgan fingerprint density at radius 1 is 0.262 bits per heavy atom.